The summed E-state index contributed by atoms with van der Waals surface area (Å²) in [6.45, 7) is 1.46. The zero-order valence-corrected chi connectivity index (χ0v) is 10.6. The molecule has 1 fully saturated rings. The van der Waals surface area contributed by atoms with Gasteiger partial charge in [0, 0.05) is 19.3 Å². The maximum atomic E-state index is 12.4. The van der Waals surface area contributed by atoms with Gasteiger partial charge in [-0.15, -0.1) is 0 Å². The Balaban J connectivity index is 1.95. The Morgan fingerprint density at radius 2 is 1.74 bits per heavy atom. The van der Waals surface area contributed by atoms with Crippen molar-refractivity contribution >= 4 is 0 Å². The molecule has 0 aromatic heterocycles. The molecule has 1 heterocycles. The standard InChI is InChI=1S/C14H18F3NO/c15-14(16,17)12-3-1-10(2-4-12)9-13(18)11-5-7-19-8-6-11/h1-4,11,13H,5-9,18H2. The van der Waals surface area contributed by atoms with E-state index in [1.807, 2.05) is 0 Å². The van der Waals surface area contributed by atoms with Crippen LogP contribution in [0.2, 0.25) is 0 Å². The summed E-state index contributed by atoms with van der Waals surface area (Å²) >= 11 is 0. The second kappa shape index (κ2) is 5.92. The minimum absolute atomic E-state index is 0.0133. The Labute approximate surface area is 110 Å². The predicted octanol–water partition coefficient (Wildman–Crippen LogP) is 3.00. The molecule has 0 amide bonds. The molecule has 1 atom stereocenters. The van der Waals surface area contributed by atoms with Crippen LogP contribution in [0.5, 0.6) is 0 Å². The molecule has 0 spiro atoms. The molecule has 0 radical (unpaired) electrons. The summed E-state index contributed by atoms with van der Waals surface area (Å²) in [5, 5.41) is 0. The van der Waals surface area contributed by atoms with Gasteiger partial charge >= 0.3 is 6.18 Å². The van der Waals surface area contributed by atoms with Crippen molar-refractivity contribution in [3.63, 3.8) is 0 Å². The van der Waals surface area contributed by atoms with Crippen LogP contribution in [0.4, 0.5) is 13.2 Å². The molecule has 19 heavy (non-hydrogen) atoms. The van der Waals surface area contributed by atoms with Gasteiger partial charge in [-0.1, -0.05) is 12.1 Å². The maximum absolute atomic E-state index is 12.4. The lowest BCUT2D eigenvalue weighted by molar-refractivity contribution is -0.137. The van der Waals surface area contributed by atoms with E-state index in [0.29, 0.717) is 12.3 Å². The van der Waals surface area contributed by atoms with E-state index in [1.165, 1.54) is 12.1 Å². The molecule has 0 bridgehead atoms. The number of rotatable bonds is 3. The van der Waals surface area contributed by atoms with Gasteiger partial charge in [-0.25, -0.2) is 0 Å². The minimum atomic E-state index is -4.28. The van der Waals surface area contributed by atoms with Crippen LogP contribution in [0.25, 0.3) is 0 Å². The molecular formula is C14H18F3NO. The summed E-state index contributed by atoms with van der Waals surface area (Å²) in [4.78, 5) is 0. The summed E-state index contributed by atoms with van der Waals surface area (Å²) in [5.41, 5.74) is 6.37. The van der Waals surface area contributed by atoms with Crippen molar-refractivity contribution in [2.75, 3.05) is 13.2 Å². The largest absolute Gasteiger partial charge is 0.416 e. The maximum Gasteiger partial charge on any atom is 0.416 e. The van der Waals surface area contributed by atoms with E-state index in [4.69, 9.17) is 10.5 Å². The lowest BCUT2D eigenvalue weighted by Gasteiger charge is -2.27. The highest BCUT2D eigenvalue weighted by Crippen LogP contribution is 2.29. The first kappa shape index (κ1) is 14.3. The quantitative estimate of drug-likeness (QED) is 0.918. The number of nitrogens with two attached hydrogens (primary N) is 1. The lowest BCUT2D eigenvalue weighted by atomic mass is 9.88. The predicted molar refractivity (Wildman–Crippen MR) is 66.7 cm³/mol. The van der Waals surface area contributed by atoms with Gasteiger partial charge in [0.1, 0.15) is 0 Å². The Kier molecular flexibility index (Phi) is 4.47. The third kappa shape index (κ3) is 3.94. The van der Waals surface area contributed by atoms with Crippen LogP contribution in [0.1, 0.15) is 24.0 Å². The average molecular weight is 273 g/mol. The van der Waals surface area contributed by atoms with Gasteiger partial charge in [-0.3, -0.25) is 0 Å². The minimum Gasteiger partial charge on any atom is -0.381 e. The number of halogens is 3. The summed E-state index contributed by atoms with van der Waals surface area (Å²) in [7, 11) is 0. The van der Waals surface area contributed by atoms with Gasteiger partial charge in [0.2, 0.25) is 0 Å². The van der Waals surface area contributed by atoms with Gasteiger partial charge < -0.3 is 10.5 Å². The van der Waals surface area contributed by atoms with Crippen LogP contribution in [0, 0.1) is 5.92 Å². The number of alkyl halides is 3. The van der Waals surface area contributed by atoms with Crippen LogP contribution in [-0.2, 0) is 17.3 Å². The van der Waals surface area contributed by atoms with E-state index in [-0.39, 0.29) is 6.04 Å². The summed E-state index contributed by atoms with van der Waals surface area (Å²) < 4.78 is 42.6. The second-order valence-corrected chi connectivity index (χ2v) is 5.01. The first-order valence-electron chi connectivity index (χ1n) is 6.46. The topological polar surface area (TPSA) is 35.2 Å². The smallest absolute Gasteiger partial charge is 0.381 e. The van der Waals surface area contributed by atoms with E-state index in [9.17, 15) is 13.2 Å². The van der Waals surface area contributed by atoms with Gasteiger partial charge in [0.05, 0.1) is 5.56 Å². The molecule has 106 valence electrons. The highest BCUT2D eigenvalue weighted by atomic mass is 19.4. The molecule has 0 aliphatic carbocycles. The Hall–Kier alpha value is -1.07. The second-order valence-electron chi connectivity index (χ2n) is 5.01. The van der Waals surface area contributed by atoms with Crippen molar-refractivity contribution < 1.29 is 17.9 Å². The van der Waals surface area contributed by atoms with Crippen LogP contribution in [-0.4, -0.2) is 19.3 Å². The zero-order valence-electron chi connectivity index (χ0n) is 10.6. The summed E-state index contributed by atoms with van der Waals surface area (Å²) in [6, 6.07) is 5.25. The fourth-order valence-electron chi connectivity index (χ4n) is 2.41. The highest BCUT2D eigenvalue weighted by Gasteiger charge is 2.30. The van der Waals surface area contributed by atoms with Crippen molar-refractivity contribution in [1.82, 2.24) is 0 Å². The Bertz CT molecular complexity index is 396. The fraction of sp³-hybridized carbons (Fsp3) is 0.571. The molecule has 1 aliphatic heterocycles. The van der Waals surface area contributed by atoms with Crippen LogP contribution >= 0.6 is 0 Å². The third-order valence-corrected chi connectivity index (χ3v) is 3.62. The van der Waals surface area contributed by atoms with E-state index < -0.39 is 11.7 Å². The molecule has 0 saturated carbocycles. The number of ether oxygens (including phenoxy) is 1. The molecule has 2 rings (SSSR count). The van der Waals surface area contributed by atoms with Gasteiger partial charge in [0.15, 0.2) is 0 Å². The van der Waals surface area contributed by atoms with Crippen LogP contribution in [0.15, 0.2) is 24.3 Å². The Morgan fingerprint density at radius 1 is 1.16 bits per heavy atom. The normalized spacial score (nSPS) is 19.4. The fourth-order valence-corrected chi connectivity index (χ4v) is 2.41. The Morgan fingerprint density at radius 3 is 2.26 bits per heavy atom. The molecule has 1 aliphatic rings. The van der Waals surface area contributed by atoms with Crippen molar-refractivity contribution in [3.8, 4) is 0 Å². The van der Waals surface area contributed by atoms with Crippen molar-refractivity contribution in [1.29, 1.82) is 0 Å². The average Bonchev–Trinajstić information content (AvgIpc) is 2.39. The first-order valence-corrected chi connectivity index (χ1v) is 6.46. The highest BCUT2D eigenvalue weighted by molar-refractivity contribution is 5.25. The molecule has 2 N–H and O–H groups in total. The van der Waals surface area contributed by atoms with Crippen molar-refractivity contribution in [2.45, 2.75) is 31.5 Å². The molecule has 1 unspecified atom stereocenters. The van der Waals surface area contributed by atoms with Gasteiger partial charge in [-0.2, -0.15) is 13.2 Å². The summed E-state index contributed by atoms with van der Waals surface area (Å²) in [5.74, 6) is 0.399. The third-order valence-electron chi connectivity index (χ3n) is 3.62. The van der Waals surface area contributed by atoms with E-state index in [2.05, 4.69) is 0 Å². The van der Waals surface area contributed by atoms with E-state index in [0.717, 1.165) is 43.8 Å². The lowest BCUT2D eigenvalue weighted by Crippen LogP contribution is -2.36. The van der Waals surface area contributed by atoms with Crippen molar-refractivity contribution in [2.24, 2.45) is 11.7 Å². The molecule has 2 nitrogen and oxygen atoms in total. The molecule has 1 saturated heterocycles. The monoisotopic (exact) mass is 273 g/mol. The number of hydrogen-bond donors (Lipinski definition) is 1. The molecular weight excluding hydrogens is 255 g/mol. The van der Waals surface area contributed by atoms with Crippen LogP contribution < -0.4 is 5.73 Å². The SMILES string of the molecule is NC(Cc1ccc(C(F)(F)F)cc1)C1CCOCC1. The number of benzene rings is 1. The number of hydrogen-bond acceptors (Lipinski definition) is 2. The zero-order chi connectivity index (χ0) is 13.9. The summed E-state index contributed by atoms with van der Waals surface area (Å²) in [6.07, 6.45) is -1.80. The van der Waals surface area contributed by atoms with Gasteiger partial charge in [0.25, 0.3) is 0 Å². The molecule has 5 heteroatoms. The molecule has 1 aromatic rings. The first-order chi connectivity index (χ1) is 8.97. The van der Waals surface area contributed by atoms with Crippen LogP contribution in [0.3, 0.4) is 0 Å². The van der Waals surface area contributed by atoms with Crippen molar-refractivity contribution in [3.05, 3.63) is 35.4 Å². The van der Waals surface area contributed by atoms with E-state index >= 15 is 0 Å². The van der Waals surface area contributed by atoms with E-state index in [1.54, 1.807) is 0 Å². The molecule has 1 aromatic carbocycles. The van der Waals surface area contributed by atoms with Gasteiger partial charge in [-0.05, 0) is 42.9 Å².